The molecule has 0 atom stereocenters. The Bertz CT molecular complexity index is 1310. The molecule has 1 N–H and O–H groups in total. The molecule has 0 radical (unpaired) electrons. The third-order valence-electron chi connectivity index (χ3n) is 5.74. The number of hydrogen-bond acceptors (Lipinski definition) is 7. The first kappa shape index (κ1) is 28.0. The SMILES string of the molecule is COc1ccc(N(CCCC(=O)Nc2cc(S(=O)(=O)N3CCCC3)ccc2OC)S(C)(=O)=O)cc1Cl. The maximum absolute atomic E-state index is 12.9. The monoisotopic (exact) mass is 559 g/mol. The van der Waals surface area contributed by atoms with Crippen molar-refractivity contribution in [3.05, 3.63) is 41.4 Å². The highest BCUT2D eigenvalue weighted by Crippen LogP contribution is 2.32. The molecule has 1 aliphatic rings. The smallest absolute Gasteiger partial charge is 0.243 e. The van der Waals surface area contributed by atoms with Gasteiger partial charge in [0.25, 0.3) is 0 Å². The van der Waals surface area contributed by atoms with Crippen LogP contribution in [0.25, 0.3) is 0 Å². The molecule has 1 heterocycles. The van der Waals surface area contributed by atoms with Crippen LogP contribution in [-0.4, -0.2) is 67.2 Å². The minimum atomic E-state index is -3.67. The number of rotatable bonds is 11. The minimum Gasteiger partial charge on any atom is -0.495 e. The summed E-state index contributed by atoms with van der Waals surface area (Å²) in [5.41, 5.74) is 0.579. The van der Waals surface area contributed by atoms with Gasteiger partial charge in [0.15, 0.2) is 0 Å². The van der Waals surface area contributed by atoms with Crippen LogP contribution in [-0.2, 0) is 24.8 Å². The van der Waals surface area contributed by atoms with E-state index in [1.54, 1.807) is 12.1 Å². The largest absolute Gasteiger partial charge is 0.495 e. The Kier molecular flexibility index (Phi) is 9.09. The van der Waals surface area contributed by atoms with Crippen LogP contribution in [0, 0.1) is 0 Å². The number of hydrogen-bond donors (Lipinski definition) is 1. The molecule has 0 bridgehead atoms. The van der Waals surface area contributed by atoms with Gasteiger partial charge in [-0.25, -0.2) is 16.8 Å². The molecular formula is C23H30ClN3O7S2. The Balaban J connectivity index is 1.70. The van der Waals surface area contributed by atoms with Crippen molar-refractivity contribution in [1.29, 1.82) is 0 Å². The van der Waals surface area contributed by atoms with Crippen molar-refractivity contribution >= 4 is 48.9 Å². The lowest BCUT2D eigenvalue weighted by molar-refractivity contribution is -0.116. The van der Waals surface area contributed by atoms with Crippen LogP contribution in [0.3, 0.4) is 0 Å². The number of carbonyl (C=O) groups is 1. The zero-order valence-electron chi connectivity index (χ0n) is 20.4. The summed E-state index contributed by atoms with van der Waals surface area (Å²) >= 11 is 6.14. The lowest BCUT2D eigenvalue weighted by Gasteiger charge is -2.23. The average Bonchev–Trinajstić information content (AvgIpc) is 3.37. The highest BCUT2D eigenvalue weighted by Gasteiger charge is 2.28. The van der Waals surface area contributed by atoms with E-state index in [-0.39, 0.29) is 35.0 Å². The number of methoxy groups -OCH3 is 2. The zero-order valence-corrected chi connectivity index (χ0v) is 22.7. The van der Waals surface area contributed by atoms with Crippen LogP contribution in [0.5, 0.6) is 11.5 Å². The second-order valence-electron chi connectivity index (χ2n) is 8.28. The van der Waals surface area contributed by atoms with E-state index in [0.717, 1.165) is 23.4 Å². The van der Waals surface area contributed by atoms with E-state index in [0.29, 0.717) is 30.3 Å². The van der Waals surface area contributed by atoms with Crippen LogP contribution in [0.1, 0.15) is 25.7 Å². The summed E-state index contributed by atoms with van der Waals surface area (Å²) < 4.78 is 63.5. The Hall–Kier alpha value is -2.54. The molecule has 0 saturated carbocycles. The van der Waals surface area contributed by atoms with E-state index in [9.17, 15) is 21.6 Å². The van der Waals surface area contributed by atoms with Crippen molar-refractivity contribution in [3.8, 4) is 11.5 Å². The standard InChI is InChI=1S/C23H30ClN3O7S2/c1-33-21-10-8-17(15-19(21)24)27(35(3,29)30)14-6-7-23(28)25-20-16-18(9-11-22(20)34-2)36(31,32)26-12-4-5-13-26/h8-11,15-16H,4-7,12-14H2,1-3H3,(H,25,28). The van der Waals surface area contributed by atoms with Crippen molar-refractivity contribution in [2.24, 2.45) is 0 Å². The van der Waals surface area contributed by atoms with Gasteiger partial charge in [0.2, 0.25) is 26.0 Å². The van der Waals surface area contributed by atoms with E-state index < -0.39 is 26.0 Å². The van der Waals surface area contributed by atoms with E-state index in [1.165, 1.54) is 42.8 Å². The molecule has 1 saturated heterocycles. The van der Waals surface area contributed by atoms with E-state index in [2.05, 4.69) is 5.32 Å². The summed E-state index contributed by atoms with van der Waals surface area (Å²) in [7, 11) is -4.43. The van der Waals surface area contributed by atoms with E-state index in [1.807, 2.05) is 0 Å². The maximum Gasteiger partial charge on any atom is 0.243 e. The Morgan fingerprint density at radius 1 is 1.03 bits per heavy atom. The molecule has 3 rings (SSSR count). The molecule has 198 valence electrons. The number of nitrogens with zero attached hydrogens (tertiary/aromatic N) is 2. The molecule has 2 aromatic carbocycles. The third-order valence-corrected chi connectivity index (χ3v) is 9.12. The first-order chi connectivity index (χ1) is 17.0. The Morgan fingerprint density at radius 2 is 1.67 bits per heavy atom. The van der Waals surface area contributed by atoms with Crippen LogP contribution in [0.2, 0.25) is 5.02 Å². The number of benzene rings is 2. The molecule has 2 aromatic rings. The zero-order chi connectivity index (χ0) is 26.5. The first-order valence-corrected chi connectivity index (χ1v) is 14.9. The number of anilines is 2. The van der Waals surface area contributed by atoms with Crippen molar-refractivity contribution in [2.45, 2.75) is 30.6 Å². The van der Waals surface area contributed by atoms with Crippen molar-refractivity contribution < 1.29 is 31.1 Å². The summed E-state index contributed by atoms with van der Waals surface area (Å²) in [6.45, 7) is 0.966. The van der Waals surface area contributed by atoms with Gasteiger partial charge in [-0.15, -0.1) is 0 Å². The summed E-state index contributed by atoms with van der Waals surface area (Å²) in [5, 5.41) is 2.95. The molecule has 1 aliphatic heterocycles. The van der Waals surface area contributed by atoms with E-state index in [4.69, 9.17) is 21.1 Å². The molecule has 0 unspecified atom stereocenters. The number of nitrogens with one attached hydrogen (secondary N) is 1. The van der Waals surface area contributed by atoms with Gasteiger partial charge >= 0.3 is 0 Å². The normalized spacial score (nSPS) is 14.4. The molecule has 13 heteroatoms. The Morgan fingerprint density at radius 3 is 2.25 bits per heavy atom. The molecule has 1 fully saturated rings. The number of carbonyl (C=O) groups excluding carboxylic acids is 1. The van der Waals surface area contributed by atoms with Gasteiger partial charge in [-0.3, -0.25) is 9.10 Å². The molecule has 36 heavy (non-hydrogen) atoms. The van der Waals surface area contributed by atoms with Crippen LogP contribution >= 0.6 is 11.6 Å². The second kappa shape index (κ2) is 11.7. The third kappa shape index (κ3) is 6.61. The van der Waals surface area contributed by atoms with Gasteiger partial charge in [-0.2, -0.15) is 4.31 Å². The lowest BCUT2D eigenvalue weighted by atomic mass is 10.2. The van der Waals surface area contributed by atoms with Crippen LogP contribution < -0.4 is 19.1 Å². The van der Waals surface area contributed by atoms with Crippen molar-refractivity contribution in [3.63, 3.8) is 0 Å². The highest BCUT2D eigenvalue weighted by atomic mass is 35.5. The summed E-state index contributed by atoms with van der Waals surface area (Å²) in [6, 6.07) is 8.95. The fourth-order valence-electron chi connectivity index (χ4n) is 3.92. The van der Waals surface area contributed by atoms with Gasteiger partial charge in [-0.1, -0.05) is 11.6 Å². The molecule has 1 amide bonds. The van der Waals surface area contributed by atoms with Gasteiger partial charge in [-0.05, 0) is 55.7 Å². The molecular weight excluding hydrogens is 530 g/mol. The van der Waals surface area contributed by atoms with Gasteiger partial charge in [0.05, 0.1) is 41.8 Å². The first-order valence-electron chi connectivity index (χ1n) is 11.3. The predicted octanol–water partition coefficient (Wildman–Crippen LogP) is 3.33. The fourth-order valence-corrected chi connectivity index (χ4v) is 6.67. The highest BCUT2D eigenvalue weighted by molar-refractivity contribution is 7.92. The average molecular weight is 560 g/mol. The molecule has 0 aliphatic carbocycles. The lowest BCUT2D eigenvalue weighted by Crippen LogP contribution is -2.31. The molecule has 0 aromatic heterocycles. The minimum absolute atomic E-state index is 0.0117. The summed E-state index contributed by atoms with van der Waals surface area (Å²) in [4.78, 5) is 12.7. The number of sulfonamides is 2. The number of halogens is 1. The second-order valence-corrected chi connectivity index (χ2v) is 12.5. The Labute approximate surface area is 217 Å². The number of ether oxygens (including phenoxy) is 2. The van der Waals surface area contributed by atoms with E-state index >= 15 is 0 Å². The maximum atomic E-state index is 12.9. The predicted molar refractivity (Wildman–Crippen MR) is 139 cm³/mol. The van der Waals surface area contributed by atoms with Crippen LogP contribution in [0.4, 0.5) is 11.4 Å². The van der Waals surface area contributed by atoms with Crippen LogP contribution in [0.15, 0.2) is 41.3 Å². The fraction of sp³-hybridized carbons (Fsp3) is 0.435. The summed E-state index contributed by atoms with van der Waals surface area (Å²) in [6.07, 6.45) is 2.89. The molecule has 10 nitrogen and oxygen atoms in total. The topological polar surface area (TPSA) is 122 Å². The van der Waals surface area contributed by atoms with Gasteiger partial charge in [0.1, 0.15) is 11.5 Å². The van der Waals surface area contributed by atoms with Crippen molar-refractivity contribution in [1.82, 2.24) is 4.31 Å². The molecule has 0 spiro atoms. The quantitative estimate of drug-likeness (QED) is 0.448. The van der Waals surface area contributed by atoms with Crippen molar-refractivity contribution in [2.75, 3.05) is 49.7 Å². The number of amides is 1. The van der Waals surface area contributed by atoms with Gasteiger partial charge in [0, 0.05) is 26.1 Å². The van der Waals surface area contributed by atoms with Gasteiger partial charge < -0.3 is 14.8 Å². The summed E-state index contributed by atoms with van der Waals surface area (Å²) in [5.74, 6) is 0.316.